The summed E-state index contributed by atoms with van der Waals surface area (Å²) in [4.78, 5) is 4.51. The Hall–Kier alpha value is -9.20. The van der Waals surface area contributed by atoms with Gasteiger partial charge in [0, 0.05) is 112 Å². The van der Waals surface area contributed by atoms with Gasteiger partial charge in [0.25, 0.3) is 0 Å². The van der Waals surface area contributed by atoms with Crippen molar-refractivity contribution in [2.45, 2.75) is 12.8 Å². The first kappa shape index (κ1) is 38.0. The van der Waals surface area contributed by atoms with Crippen molar-refractivity contribution in [2.24, 2.45) is 0 Å². The average Bonchev–Trinajstić information content (AvgIpc) is 4.15. The summed E-state index contributed by atoms with van der Waals surface area (Å²) in [6.07, 6.45) is 12.2. The predicted molar refractivity (Wildman–Crippen MR) is 278 cm³/mol. The van der Waals surface area contributed by atoms with Gasteiger partial charge < -0.3 is 31.9 Å². The highest BCUT2D eigenvalue weighted by Crippen LogP contribution is 2.42. The Labute approximate surface area is 393 Å². The van der Waals surface area contributed by atoms with Gasteiger partial charge in [-0.1, -0.05) is 78.9 Å². The van der Waals surface area contributed by atoms with E-state index in [9.17, 15) is 0 Å². The lowest BCUT2D eigenvalue weighted by atomic mass is 10.0. The summed E-state index contributed by atoms with van der Waals surface area (Å²) in [5, 5.41) is 8.52. The first-order valence-electron chi connectivity index (χ1n) is 23.3. The summed E-state index contributed by atoms with van der Waals surface area (Å²) in [6.45, 7) is 0. The molecule has 0 N–H and O–H groups in total. The van der Waals surface area contributed by atoms with Crippen molar-refractivity contribution in [1.82, 2.24) is 0 Å². The fraction of sp³-hybridized carbons (Fsp3) is 0.0323. The number of anilines is 5. The monoisotopic (exact) mass is 890 g/mol. The van der Waals surface area contributed by atoms with Crippen molar-refractivity contribution >= 4 is 123 Å². The number of nitrogens with zero attached hydrogens (tertiary/aromatic N) is 2. The number of benzene rings is 8. The Bertz CT molecular complexity index is 4440. The molecular formula is C62H38N2O5. The third-order valence-corrected chi connectivity index (χ3v) is 14.0. The summed E-state index contributed by atoms with van der Waals surface area (Å²) in [5.74, 6) is 1.66. The molecule has 2 aliphatic carbocycles. The second-order valence-corrected chi connectivity index (χ2v) is 17.9. The van der Waals surface area contributed by atoms with E-state index in [1.165, 1.54) is 0 Å². The number of hydrogen-bond donors (Lipinski definition) is 0. The number of hydrogen-bond acceptors (Lipinski definition) is 7. The topological polar surface area (TPSA) is 72.2 Å². The lowest BCUT2D eigenvalue weighted by Crippen LogP contribution is -2.19. The minimum absolute atomic E-state index is 0.645. The van der Waals surface area contributed by atoms with Gasteiger partial charge in [-0.15, -0.1) is 0 Å². The molecule has 7 nitrogen and oxygen atoms in total. The van der Waals surface area contributed by atoms with Gasteiger partial charge in [-0.3, -0.25) is 0 Å². The number of furan rings is 5. The SMILES string of the molecule is C1=CC(N(c2ccccc2)c2ccc3c(c2)oc2ccccc23)=Cc2oc3cc4c5c(oc4cc3c2C1)C=c1c(oc2cc(N(c3ccccc3)c3ccc4c(c3)oc3ccccc34)ccc12)=CC5. The van der Waals surface area contributed by atoms with E-state index >= 15 is 0 Å². The van der Waals surface area contributed by atoms with E-state index in [2.05, 4.69) is 174 Å². The molecule has 0 amide bonds. The van der Waals surface area contributed by atoms with Crippen LogP contribution in [0.5, 0.6) is 0 Å². The van der Waals surface area contributed by atoms with Crippen LogP contribution in [0.25, 0.3) is 95.0 Å². The average molecular weight is 891 g/mol. The third-order valence-electron chi connectivity index (χ3n) is 14.0. The minimum Gasteiger partial charge on any atom is -0.456 e. The molecule has 0 saturated heterocycles. The van der Waals surface area contributed by atoms with Crippen molar-refractivity contribution in [3.8, 4) is 0 Å². The first-order chi connectivity index (χ1) is 34.1. The van der Waals surface area contributed by atoms with Crippen LogP contribution in [0.3, 0.4) is 0 Å². The van der Waals surface area contributed by atoms with Gasteiger partial charge in [0.15, 0.2) is 0 Å². The molecule has 326 valence electrons. The molecular weight excluding hydrogens is 853 g/mol. The van der Waals surface area contributed by atoms with Crippen LogP contribution < -0.4 is 20.4 Å². The Morgan fingerprint density at radius 3 is 1.43 bits per heavy atom. The molecule has 0 bridgehead atoms. The lowest BCUT2D eigenvalue weighted by Gasteiger charge is -2.26. The predicted octanol–water partition coefficient (Wildman–Crippen LogP) is 15.7. The largest absolute Gasteiger partial charge is 0.456 e. The summed E-state index contributed by atoms with van der Waals surface area (Å²) in [7, 11) is 0. The molecule has 0 radical (unpaired) electrons. The normalized spacial score (nSPS) is 13.4. The van der Waals surface area contributed by atoms with Crippen LogP contribution in [0.2, 0.25) is 0 Å². The minimum atomic E-state index is 0.645. The van der Waals surface area contributed by atoms with Gasteiger partial charge >= 0.3 is 0 Å². The molecule has 5 aromatic heterocycles. The van der Waals surface area contributed by atoms with Crippen molar-refractivity contribution in [3.05, 3.63) is 227 Å². The molecule has 0 atom stereocenters. The smallest absolute Gasteiger partial charge is 0.137 e. The van der Waals surface area contributed by atoms with E-state index in [1.807, 2.05) is 42.5 Å². The fourth-order valence-electron chi connectivity index (χ4n) is 10.7. The summed E-state index contributed by atoms with van der Waals surface area (Å²) in [6, 6.07) is 60.9. The number of allylic oxidation sites excluding steroid dienone is 2. The molecule has 0 saturated carbocycles. The summed E-state index contributed by atoms with van der Waals surface area (Å²) < 4.78 is 33.0. The highest BCUT2D eigenvalue weighted by atomic mass is 16.4. The molecule has 13 aromatic rings. The molecule has 0 unspecified atom stereocenters. The van der Waals surface area contributed by atoms with Gasteiger partial charge in [-0.25, -0.2) is 0 Å². The molecule has 0 aliphatic heterocycles. The number of fused-ring (bicyclic) bond motifs is 15. The van der Waals surface area contributed by atoms with Crippen LogP contribution in [0.15, 0.2) is 216 Å². The lowest BCUT2D eigenvalue weighted by molar-refractivity contribution is 0.574. The van der Waals surface area contributed by atoms with Crippen LogP contribution in [0.1, 0.15) is 22.6 Å². The van der Waals surface area contributed by atoms with E-state index in [4.69, 9.17) is 22.1 Å². The molecule has 2 aliphatic rings. The maximum Gasteiger partial charge on any atom is 0.137 e. The van der Waals surface area contributed by atoms with Gasteiger partial charge in [0.1, 0.15) is 56.0 Å². The Morgan fingerprint density at radius 2 is 0.812 bits per heavy atom. The Balaban J connectivity index is 0.801. The van der Waals surface area contributed by atoms with Gasteiger partial charge in [0.05, 0.1) is 0 Å². The van der Waals surface area contributed by atoms with Crippen molar-refractivity contribution in [3.63, 3.8) is 0 Å². The fourth-order valence-corrected chi connectivity index (χ4v) is 10.7. The van der Waals surface area contributed by atoms with Gasteiger partial charge in [-0.2, -0.15) is 0 Å². The molecule has 0 fully saturated rings. The van der Waals surface area contributed by atoms with Crippen LogP contribution in [-0.4, -0.2) is 0 Å². The van der Waals surface area contributed by atoms with E-state index in [0.29, 0.717) is 12.8 Å². The zero-order valence-corrected chi connectivity index (χ0v) is 37.0. The van der Waals surface area contributed by atoms with Crippen LogP contribution in [-0.2, 0) is 12.8 Å². The van der Waals surface area contributed by atoms with Crippen molar-refractivity contribution in [1.29, 1.82) is 0 Å². The van der Waals surface area contributed by atoms with Crippen LogP contribution in [0.4, 0.5) is 28.4 Å². The third kappa shape index (κ3) is 5.93. The number of rotatable bonds is 6. The van der Waals surface area contributed by atoms with E-state index < -0.39 is 0 Å². The maximum atomic E-state index is 6.81. The highest BCUT2D eigenvalue weighted by molar-refractivity contribution is 6.07. The molecule has 69 heavy (non-hydrogen) atoms. The van der Waals surface area contributed by atoms with Crippen LogP contribution >= 0.6 is 0 Å². The number of para-hydroxylation sites is 4. The first-order valence-corrected chi connectivity index (χ1v) is 23.3. The zero-order valence-electron chi connectivity index (χ0n) is 37.0. The second kappa shape index (κ2) is 14.6. The molecule has 15 rings (SSSR count). The second-order valence-electron chi connectivity index (χ2n) is 17.9. The standard InChI is InChI=1S/C62H38N2O5/c1-3-12-37(13-4-1)63(40-22-25-46-43-17-7-9-20-53(43)65-57(46)31-40)39-16-11-19-45-51-35-62-52(36-61(51)68-56(45)30-39)49-28-29-55-50(34-60(49)69-62)48-27-24-42(33-59(48)67-55)64(38-14-5-2-6-15-38)41-23-26-47-44-18-8-10-21-54(44)66-58(47)32-41/h1-18,20-27,29-36H,19,28H2. The summed E-state index contributed by atoms with van der Waals surface area (Å²) >= 11 is 0. The van der Waals surface area contributed by atoms with Gasteiger partial charge in [-0.05, 0) is 116 Å². The van der Waals surface area contributed by atoms with Crippen molar-refractivity contribution < 1.29 is 22.1 Å². The van der Waals surface area contributed by atoms with E-state index in [0.717, 1.165) is 144 Å². The Morgan fingerprint density at radius 1 is 0.333 bits per heavy atom. The molecule has 7 heteroatoms. The highest BCUT2D eigenvalue weighted by Gasteiger charge is 2.24. The zero-order chi connectivity index (χ0) is 45.2. The molecule has 5 heterocycles. The summed E-state index contributed by atoms with van der Waals surface area (Å²) in [5.41, 5.74) is 15.0. The van der Waals surface area contributed by atoms with Crippen molar-refractivity contribution in [2.75, 3.05) is 9.80 Å². The van der Waals surface area contributed by atoms with Gasteiger partial charge in [0.2, 0.25) is 0 Å². The van der Waals surface area contributed by atoms with E-state index in [1.54, 1.807) is 0 Å². The van der Waals surface area contributed by atoms with E-state index in [-0.39, 0.29) is 0 Å². The van der Waals surface area contributed by atoms with Crippen LogP contribution in [0, 0.1) is 0 Å². The maximum absolute atomic E-state index is 6.81. The molecule has 0 spiro atoms. The molecule has 8 aromatic carbocycles. The Kier molecular flexibility index (Phi) is 8.06. The quantitative estimate of drug-likeness (QED) is 0.165.